The van der Waals surface area contributed by atoms with E-state index in [1.165, 1.54) is 11.3 Å². The number of aromatic amines is 1. The Balaban J connectivity index is 2.14. The summed E-state index contributed by atoms with van der Waals surface area (Å²) in [6.07, 6.45) is 0. The molecule has 20 heavy (non-hydrogen) atoms. The van der Waals surface area contributed by atoms with Gasteiger partial charge in [-0.15, -0.1) is 22.7 Å². The average molecular weight is 302 g/mol. The van der Waals surface area contributed by atoms with Crippen molar-refractivity contribution >= 4 is 44.3 Å². The van der Waals surface area contributed by atoms with E-state index in [-0.39, 0.29) is 17.3 Å². The Bertz CT molecular complexity index is 927. The summed E-state index contributed by atoms with van der Waals surface area (Å²) in [6.45, 7) is 5.78. The highest BCUT2D eigenvalue weighted by Gasteiger charge is 2.37. The van der Waals surface area contributed by atoms with E-state index in [2.05, 4.69) is 9.97 Å². The van der Waals surface area contributed by atoms with Crippen LogP contribution in [0.25, 0.3) is 10.1 Å². The SMILES string of the molecule is Cc1nc2c([nH]1)C(=O)c1c(sc3c(C)sc(C)c13)C2=O. The molecule has 3 heterocycles. The van der Waals surface area contributed by atoms with Crippen molar-refractivity contribution in [3.05, 3.63) is 37.4 Å². The number of nitrogens with one attached hydrogen (secondary N) is 1. The number of H-pyrrole nitrogens is 1. The zero-order valence-electron chi connectivity index (χ0n) is 11.1. The number of thiophene rings is 2. The molecule has 0 spiro atoms. The summed E-state index contributed by atoms with van der Waals surface area (Å²) in [5.41, 5.74) is 1.17. The first-order chi connectivity index (χ1) is 9.49. The second-order valence-corrected chi connectivity index (χ2v) is 7.38. The Morgan fingerprint density at radius 2 is 1.75 bits per heavy atom. The molecule has 100 valence electrons. The van der Waals surface area contributed by atoms with Crippen LogP contribution < -0.4 is 0 Å². The molecular weight excluding hydrogens is 292 g/mol. The van der Waals surface area contributed by atoms with Crippen LogP contribution in [0.5, 0.6) is 0 Å². The molecule has 0 fully saturated rings. The van der Waals surface area contributed by atoms with Crippen LogP contribution in [0.4, 0.5) is 0 Å². The number of aryl methyl sites for hydroxylation is 3. The van der Waals surface area contributed by atoms with Gasteiger partial charge in [0, 0.05) is 19.8 Å². The van der Waals surface area contributed by atoms with Crippen LogP contribution in [-0.4, -0.2) is 21.5 Å². The molecule has 0 saturated carbocycles. The molecule has 3 aromatic heterocycles. The van der Waals surface area contributed by atoms with Crippen LogP contribution in [0.3, 0.4) is 0 Å². The summed E-state index contributed by atoms with van der Waals surface area (Å²) in [4.78, 5) is 35.1. The third-order valence-electron chi connectivity index (χ3n) is 3.58. The fourth-order valence-electron chi connectivity index (χ4n) is 2.77. The van der Waals surface area contributed by atoms with E-state index in [0.29, 0.717) is 22.0 Å². The van der Waals surface area contributed by atoms with E-state index in [9.17, 15) is 9.59 Å². The van der Waals surface area contributed by atoms with Crippen LogP contribution in [-0.2, 0) is 0 Å². The van der Waals surface area contributed by atoms with E-state index in [1.807, 2.05) is 13.8 Å². The van der Waals surface area contributed by atoms with Crippen molar-refractivity contribution in [3.63, 3.8) is 0 Å². The first kappa shape index (κ1) is 12.0. The van der Waals surface area contributed by atoms with Gasteiger partial charge in [-0.1, -0.05) is 0 Å². The van der Waals surface area contributed by atoms with Crippen LogP contribution in [0.15, 0.2) is 0 Å². The lowest BCUT2D eigenvalue weighted by Gasteiger charge is -2.08. The number of imidazole rings is 1. The number of carbonyl (C=O) groups excluding carboxylic acids is 2. The van der Waals surface area contributed by atoms with E-state index in [1.54, 1.807) is 18.3 Å². The van der Waals surface area contributed by atoms with Gasteiger partial charge in [0.15, 0.2) is 0 Å². The number of fused-ring (bicyclic) bond motifs is 4. The normalized spacial score (nSPS) is 13.9. The van der Waals surface area contributed by atoms with Gasteiger partial charge in [0.25, 0.3) is 0 Å². The van der Waals surface area contributed by atoms with Crippen molar-refractivity contribution in [3.8, 4) is 0 Å². The number of aromatic nitrogens is 2. The van der Waals surface area contributed by atoms with Crippen LogP contribution in [0.2, 0.25) is 0 Å². The Labute approximate surface area is 122 Å². The van der Waals surface area contributed by atoms with E-state index in [0.717, 1.165) is 19.8 Å². The van der Waals surface area contributed by atoms with Gasteiger partial charge in [-0.3, -0.25) is 9.59 Å². The van der Waals surface area contributed by atoms with Crippen LogP contribution >= 0.6 is 22.7 Å². The third-order valence-corrected chi connectivity index (χ3v) is 6.04. The summed E-state index contributed by atoms with van der Waals surface area (Å²) in [5.74, 6) is 0.354. The molecule has 0 aromatic carbocycles. The minimum absolute atomic E-state index is 0.109. The quantitative estimate of drug-likeness (QED) is 0.541. The molecule has 0 radical (unpaired) electrons. The first-order valence-electron chi connectivity index (χ1n) is 6.17. The highest BCUT2D eigenvalue weighted by atomic mass is 32.1. The first-order valence-corrected chi connectivity index (χ1v) is 7.80. The second kappa shape index (κ2) is 3.65. The number of hydrogen-bond donors (Lipinski definition) is 1. The van der Waals surface area contributed by atoms with Gasteiger partial charge in [-0.05, 0) is 20.8 Å². The van der Waals surface area contributed by atoms with Gasteiger partial charge >= 0.3 is 0 Å². The summed E-state index contributed by atoms with van der Waals surface area (Å²) in [6, 6.07) is 0. The van der Waals surface area contributed by atoms with Crippen molar-refractivity contribution in [2.75, 3.05) is 0 Å². The molecule has 0 bridgehead atoms. The van der Waals surface area contributed by atoms with Gasteiger partial charge in [0.05, 0.1) is 10.4 Å². The molecule has 4 rings (SSSR count). The average Bonchev–Trinajstić information content (AvgIpc) is 3.02. The summed E-state index contributed by atoms with van der Waals surface area (Å²) in [7, 11) is 0. The summed E-state index contributed by atoms with van der Waals surface area (Å²) >= 11 is 3.09. The molecule has 0 atom stereocenters. The van der Waals surface area contributed by atoms with Gasteiger partial charge in [0.1, 0.15) is 17.2 Å². The van der Waals surface area contributed by atoms with Crippen molar-refractivity contribution in [2.45, 2.75) is 20.8 Å². The largest absolute Gasteiger partial charge is 0.339 e. The number of rotatable bonds is 0. The number of nitrogens with zero attached hydrogens (tertiary/aromatic N) is 1. The Hall–Kier alpha value is -1.79. The predicted molar refractivity (Wildman–Crippen MR) is 79.4 cm³/mol. The van der Waals surface area contributed by atoms with Gasteiger partial charge in [0.2, 0.25) is 11.6 Å². The highest BCUT2D eigenvalue weighted by Crippen LogP contribution is 2.44. The van der Waals surface area contributed by atoms with Crippen LogP contribution in [0.1, 0.15) is 47.0 Å². The monoisotopic (exact) mass is 302 g/mol. The Morgan fingerprint density at radius 3 is 2.50 bits per heavy atom. The van der Waals surface area contributed by atoms with Gasteiger partial charge in [-0.2, -0.15) is 0 Å². The van der Waals surface area contributed by atoms with Crippen molar-refractivity contribution in [1.82, 2.24) is 9.97 Å². The molecule has 1 aliphatic carbocycles. The van der Waals surface area contributed by atoms with E-state index in [4.69, 9.17) is 0 Å². The standard InChI is InChI=1S/C14H10N2O2S2/c1-4-7-8-11(17)9-10(16-6(3)15-9)12(18)14(8)20-13(7)5(2)19-4/h1-3H3,(H,15,16). The predicted octanol–water partition coefficient (Wildman–Crippen LogP) is 3.39. The van der Waals surface area contributed by atoms with E-state index >= 15 is 0 Å². The lowest BCUT2D eigenvalue weighted by molar-refractivity contribution is 0.0978. The van der Waals surface area contributed by atoms with Crippen molar-refractivity contribution in [1.29, 1.82) is 0 Å². The van der Waals surface area contributed by atoms with Crippen LogP contribution in [0, 0.1) is 20.8 Å². The second-order valence-electron chi connectivity index (χ2n) is 4.93. The maximum absolute atomic E-state index is 12.7. The number of ketones is 2. The van der Waals surface area contributed by atoms with E-state index < -0.39 is 0 Å². The lowest BCUT2D eigenvalue weighted by atomic mass is 9.95. The maximum Gasteiger partial charge on any atom is 0.224 e. The van der Waals surface area contributed by atoms with Gasteiger partial charge < -0.3 is 4.98 Å². The fourth-order valence-corrected chi connectivity index (χ4v) is 5.24. The Morgan fingerprint density at radius 1 is 1.00 bits per heavy atom. The topological polar surface area (TPSA) is 62.8 Å². The molecule has 0 amide bonds. The fraction of sp³-hybridized carbons (Fsp3) is 0.214. The minimum Gasteiger partial charge on any atom is -0.339 e. The molecule has 3 aromatic rings. The smallest absolute Gasteiger partial charge is 0.224 e. The molecule has 1 N–H and O–H groups in total. The van der Waals surface area contributed by atoms with Crippen molar-refractivity contribution < 1.29 is 9.59 Å². The molecule has 0 saturated heterocycles. The molecular formula is C14H10N2O2S2. The summed E-state index contributed by atoms with van der Waals surface area (Å²) < 4.78 is 1.06. The van der Waals surface area contributed by atoms with Gasteiger partial charge in [-0.25, -0.2) is 4.98 Å². The molecule has 0 aliphatic heterocycles. The molecule has 1 aliphatic rings. The molecule has 6 heteroatoms. The molecule has 0 unspecified atom stereocenters. The minimum atomic E-state index is -0.135. The highest BCUT2D eigenvalue weighted by molar-refractivity contribution is 7.26. The molecule has 4 nitrogen and oxygen atoms in total. The number of carbonyl (C=O) groups is 2. The summed E-state index contributed by atoms with van der Waals surface area (Å²) in [5, 5.41) is 0.948. The maximum atomic E-state index is 12.7. The number of hydrogen-bond acceptors (Lipinski definition) is 5. The third kappa shape index (κ3) is 1.28. The zero-order valence-corrected chi connectivity index (χ0v) is 12.7. The zero-order chi connectivity index (χ0) is 14.2. The van der Waals surface area contributed by atoms with Crippen molar-refractivity contribution in [2.24, 2.45) is 0 Å². The lowest BCUT2D eigenvalue weighted by Crippen LogP contribution is -2.18. The Kier molecular flexibility index (Phi) is 2.19.